The van der Waals surface area contributed by atoms with Crippen LogP contribution in [0.5, 0.6) is 0 Å². The van der Waals surface area contributed by atoms with Crippen molar-refractivity contribution in [1.82, 2.24) is 20.0 Å². The molecule has 7 heteroatoms. The smallest absolute Gasteiger partial charge is 0.267 e. The molecule has 2 fully saturated rings. The number of anilines is 1. The maximum Gasteiger partial charge on any atom is 0.267 e. The fraction of sp³-hybridized carbons (Fsp3) is 0.625. The van der Waals surface area contributed by atoms with Crippen LogP contribution in [-0.4, -0.2) is 26.0 Å². The van der Waals surface area contributed by atoms with Crippen molar-refractivity contribution in [2.24, 2.45) is 0 Å². The van der Waals surface area contributed by atoms with Crippen LogP contribution in [0, 0.1) is 6.92 Å². The van der Waals surface area contributed by atoms with Crippen molar-refractivity contribution in [3.8, 4) is 0 Å². The summed E-state index contributed by atoms with van der Waals surface area (Å²) < 4.78 is 1.67. The van der Waals surface area contributed by atoms with Gasteiger partial charge in [-0.1, -0.05) is 11.3 Å². The number of hydrogen-bond donors (Lipinski definition) is 1. The van der Waals surface area contributed by atoms with Crippen molar-refractivity contribution >= 4 is 16.5 Å². The molecule has 0 atom stereocenters. The van der Waals surface area contributed by atoms with E-state index in [-0.39, 0.29) is 11.6 Å². The number of rotatable bonds is 4. The maximum absolute atomic E-state index is 12.0. The first kappa shape index (κ1) is 14.8. The van der Waals surface area contributed by atoms with Crippen LogP contribution >= 0.6 is 11.3 Å². The highest BCUT2D eigenvalue weighted by Gasteiger charge is 2.28. The third kappa shape index (κ3) is 3.29. The Kier molecular flexibility index (Phi) is 3.88. The molecule has 122 valence electrons. The van der Waals surface area contributed by atoms with Gasteiger partial charge in [-0.15, -0.1) is 10.2 Å². The maximum atomic E-state index is 12.0. The molecular weight excluding hydrogens is 310 g/mol. The summed E-state index contributed by atoms with van der Waals surface area (Å²) in [4.78, 5) is 12.0. The molecule has 2 aromatic heterocycles. The third-order valence-corrected chi connectivity index (χ3v) is 5.71. The molecule has 2 aliphatic carbocycles. The van der Waals surface area contributed by atoms with E-state index < -0.39 is 0 Å². The zero-order chi connectivity index (χ0) is 15.8. The number of aryl methyl sites for hydroxylation is 1. The van der Waals surface area contributed by atoms with E-state index in [0.29, 0.717) is 12.0 Å². The summed E-state index contributed by atoms with van der Waals surface area (Å²) in [6.45, 7) is 1.93. The number of nitrogens with one attached hydrogen (secondary N) is 1. The van der Waals surface area contributed by atoms with Gasteiger partial charge in [0, 0.05) is 18.0 Å². The molecule has 0 aromatic carbocycles. The summed E-state index contributed by atoms with van der Waals surface area (Å²) in [5.74, 6) is 0.665. The van der Waals surface area contributed by atoms with Crippen LogP contribution in [0.4, 0.5) is 5.13 Å². The van der Waals surface area contributed by atoms with E-state index in [1.54, 1.807) is 28.2 Å². The molecule has 0 aliphatic heterocycles. The molecule has 6 nitrogen and oxygen atoms in total. The summed E-state index contributed by atoms with van der Waals surface area (Å²) in [5, 5.41) is 18.6. The monoisotopic (exact) mass is 331 g/mol. The standard InChI is InChI=1S/C16H21N5OS/c1-10-2-9-14(22)21(20-10)13-7-5-12(6-8-13)17-16-19-18-15(23-16)11-3-4-11/h2,9,11-13H,3-8H2,1H3,(H,17,19). The molecule has 2 aliphatic rings. The Morgan fingerprint density at radius 2 is 1.91 bits per heavy atom. The quantitative estimate of drug-likeness (QED) is 0.932. The van der Waals surface area contributed by atoms with Crippen molar-refractivity contribution in [2.75, 3.05) is 5.32 Å². The van der Waals surface area contributed by atoms with Crippen molar-refractivity contribution in [3.63, 3.8) is 0 Å². The molecule has 0 radical (unpaired) electrons. The van der Waals surface area contributed by atoms with Crippen LogP contribution in [0.2, 0.25) is 0 Å². The Morgan fingerprint density at radius 3 is 2.65 bits per heavy atom. The van der Waals surface area contributed by atoms with Crippen LogP contribution in [0.1, 0.15) is 61.2 Å². The normalized spacial score (nSPS) is 24.6. The lowest BCUT2D eigenvalue weighted by molar-refractivity contribution is 0.302. The predicted octanol–water partition coefficient (Wildman–Crippen LogP) is 2.88. The molecule has 2 aromatic rings. The van der Waals surface area contributed by atoms with E-state index in [2.05, 4.69) is 20.6 Å². The zero-order valence-electron chi connectivity index (χ0n) is 13.2. The lowest BCUT2D eigenvalue weighted by atomic mass is 9.91. The van der Waals surface area contributed by atoms with Gasteiger partial charge in [-0.05, 0) is 51.5 Å². The molecular formula is C16H21N5OS. The number of hydrogen-bond acceptors (Lipinski definition) is 6. The largest absolute Gasteiger partial charge is 0.357 e. The molecule has 1 N–H and O–H groups in total. The second-order valence-electron chi connectivity index (χ2n) is 6.63. The van der Waals surface area contributed by atoms with Crippen molar-refractivity contribution in [2.45, 2.75) is 63.5 Å². The Morgan fingerprint density at radius 1 is 1.13 bits per heavy atom. The van der Waals surface area contributed by atoms with Crippen LogP contribution in [0.15, 0.2) is 16.9 Å². The van der Waals surface area contributed by atoms with Gasteiger partial charge in [-0.2, -0.15) is 5.10 Å². The van der Waals surface area contributed by atoms with Crippen LogP contribution < -0.4 is 10.9 Å². The van der Waals surface area contributed by atoms with Crippen LogP contribution in [-0.2, 0) is 0 Å². The Balaban J connectivity index is 1.36. The molecule has 0 unspecified atom stereocenters. The van der Waals surface area contributed by atoms with Gasteiger partial charge in [0.15, 0.2) is 0 Å². The van der Waals surface area contributed by atoms with Gasteiger partial charge < -0.3 is 5.32 Å². The summed E-state index contributed by atoms with van der Waals surface area (Å²) in [6, 6.07) is 4.04. The van der Waals surface area contributed by atoms with Gasteiger partial charge in [0.25, 0.3) is 5.56 Å². The lowest BCUT2D eigenvalue weighted by Gasteiger charge is -2.29. The summed E-state index contributed by atoms with van der Waals surface area (Å²) in [5.41, 5.74) is 0.900. The molecule has 0 amide bonds. The molecule has 0 bridgehead atoms. The van der Waals surface area contributed by atoms with E-state index in [0.717, 1.165) is 36.5 Å². The molecule has 4 rings (SSSR count). The highest BCUT2D eigenvalue weighted by atomic mass is 32.1. The van der Waals surface area contributed by atoms with E-state index in [4.69, 9.17) is 0 Å². The highest BCUT2D eigenvalue weighted by molar-refractivity contribution is 7.15. The van der Waals surface area contributed by atoms with E-state index >= 15 is 0 Å². The average Bonchev–Trinajstić information content (AvgIpc) is 3.31. The minimum Gasteiger partial charge on any atom is -0.357 e. The van der Waals surface area contributed by atoms with Crippen LogP contribution in [0.25, 0.3) is 0 Å². The molecule has 0 spiro atoms. The Bertz CT molecular complexity index is 743. The van der Waals surface area contributed by atoms with Gasteiger partial charge >= 0.3 is 0 Å². The molecule has 2 saturated carbocycles. The van der Waals surface area contributed by atoms with Crippen molar-refractivity contribution in [1.29, 1.82) is 0 Å². The predicted molar refractivity (Wildman–Crippen MR) is 90.0 cm³/mol. The highest BCUT2D eigenvalue weighted by Crippen LogP contribution is 2.42. The van der Waals surface area contributed by atoms with E-state index in [9.17, 15) is 4.79 Å². The SMILES string of the molecule is Cc1ccc(=O)n(C2CCC(Nc3nnc(C4CC4)s3)CC2)n1. The topological polar surface area (TPSA) is 72.7 Å². The zero-order valence-corrected chi connectivity index (χ0v) is 14.1. The molecule has 2 heterocycles. The first-order valence-corrected chi connectivity index (χ1v) is 9.17. The van der Waals surface area contributed by atoms with E-state index in [1.165, 1.54) is 17.8 Å². The van der Waals surface area contributed by atoms with Crippen LogP contribution in [0.3, 0.4) is 0 Å². The third-order valence-electron chi connectivity index (χ3n) is 4.70. The molecule has 23 heavy (non-hydrogen) atoms. The molecule has 0 saturated heterocycles. The fourth-order valence-electron chi connectivity index (χ4n) is 3.21. The number of nitrogens with zero attached hydrogens (tertiary/aromatic N) is 4. The first-order chi connectivity index (χ1) is 11.2. The summed E-state index contributed by atoms with van der Waals surface area (Å²) in [6.07, 6.45) is 6.54. The van der Waals surface area contributed by atoms with Gasteiger partial charge in [0.2, 0.25) is 5.13 Å². The Labute approximate surface area is 139 Å². The average molecular weight is 331 g/mol. The van der Waals surface area contributed by atoms with Crippen molar-refractivity contribution < 1.29 is 0 Å². The van der Waals surface area contributed by atoms with Crippen molar-refractivity contribution in [3.05, 3.63) is 33.2 Å². The first-order valence-electron chi connectivity index (χ1n) is 8.35. The minimum atomic E-state index is 0.00482. The Hall–Kier alpha value is -1.76. The summed E-state index contributed by atoms with van der Waals surface area (Å²) >= 11 is 1.70. The summed E-state index contributed by atoms with van der Waals surface area (Å²) in [7, 11) is 0. The minimum absolute atomic E-state index is 0.00482. The van der Waals surface area contributed by atoms with Gasteiger partial charge in [-0.25, -0.2) is 4.68 Å². The van der Waals surface area contributed by atoms with E-state index in [1.807, 2.05) is 6.92 Å². The van der Waals surface area contributed by atoms with Gasteiger partial charge in [-0.3, -0.25) is 4.79 Å². The second kappa shape index (κ2) is 6.03. The van der Waals surface area contributed by atoms with Gasteiger partial charge in [0.05, 0.1) is 11.7 Å². The second-order valence-corrected chi connectivity index (χ2v) is 7.64. The lowest BCUT2D eigenvalue weighted by Crippen LogP contribution is -2.33. The number of aromatic nitrogens is 4. The van der Waals surface area contributed by atoms with Gasteiger partial charge in [0.1, 0.15) is 5.01 Å². The fourth-order valence-corrected chi connectivity index (χ4v) is 4.20.